The predicted molar refractivity (Wildman–Crippen MR) is 119 cm³/mol. The number of hydrogen-bond acceptors (Lipinski definition) is 7. The fourth-order valence-electron chi connectivity index (χ4n) is 5.00. The van der Waals surface area contributed by atoms with Gasteiger partial charge in [-0.1, -0.05) is 6.92 Å². The van der Waals surface area contributed by atoms with Gasteiger partial charge in [0.05, 0.1) is 25.1 Å². The topological polar surface area (TPSA) is 84.6 Å². The maximum absolute atomic E-state index is 11.6. The second-order valence-corrected chi connectivity index (χ2v) is 10.1. The standard InChI is InChI=1S/C22H31N5O2S/c1-14-2-3-16-17(12-14)30-22-19(16)21(27-6-4-15(5-7-27)20(23)28)24-18(25-22)13-26-8-10-29-11-9-26/h14-15H,2-13H2,1H3,(H2,23,28)/t14-/m1/s1. The molecule has 0 aromatic carbocycles. The molecule has 0 spiro atoms. The smallest absolute Gasteiger partial charge is 0.220 e. The summed E-state index contributed by atoms with van der Waals surface area (Å²) >= 11 is 1.87. The van der Waals surface area contributed by atoms with Gasteiger partial charge >= 0.3 is 0 Å². The van der Waals surface area contributed by atoms with E-state index in [-0.39, 0.29) is 11.8 Å². The molecule has 4 heterocycles. The van der Waals surface area contributed by atoms with Crippen LogP contribution in [0.1, 0.15) is 42.5 Å². The lowest BCUT2D eigenvalue weighted by Gasteiger charge is -2.32. The minimum absolute atomic E-state index is 0.0105. The number of thiophene rings is 1. The predicted octanol–water partition coefficient (Wildman–Crippen LogP) is 2.35. The monoisotopic (exact) mass is 429 g/mol. The van der Waals surface area contributed by atoms with Crippen LogP contribution in [0.3, 0.4) is 0 Å². The molecule has 0 saturated carbocycles. The fraction of sp³-hybridized carbons (Fsp3) is 0.682. The number of ether oxygens (including phenoxy) is 1. The van der Waals surface area contributed by atoms with Gasteiger partial charge in [0, 0.05) is 37.0 Å². The highest BCUT2D eigenvalue weighted by molar-refractivity contribution is 7.19. The summed E-state index contributed by atoms with van der Waals surface area (Å²) < 4.78 is 5.49. The number of hydrogen-bond donors (Lipinski definition) is 1. The van der Waals surface area contributed by atoms with Crippen LogP contribution < -0.4 is 10.6 Å². The Hall–Kier alpha value is -1.77. The lowest BCUT2D eigenvalue weighted by Crippen LogP contribution is -2.39. The number of morpholine rings is 1. The first-order chi connectivity index (χ1) is 14.6. The van der Waals surface area contributed by atoms with Crippen molar-refractivity contribution in [2.45, 2.75) is 45.6 Å². The normalized spacial score (nSPS) is 23.6. The van der Waals surface area contributed by atoms with Crippen molar-refractivity contribution in [3.05, 3.63) is 16.3 Å². The molecule has 2 N–H and O–H groups in total. The highest BCUT2D eigenvalue weighted by atomic mass is 32.1. The van der Waals surface area contributed by atoms with Gasteiger partial charge < -0.3 is 15.4 Å². The molecule has 1 atom stereocenters. The number of fused-ring (bicyclic) bond motifs is 3. The molecule has 0 unspecified atom stereocenters. The number of nitrogens with zero attached hydrogens (tertiary/aromatic N) is 4. The average Bonchev–Trinajstić information content (AvgIpc) is 3.11. The van der Waals surface area contributed by atoms with Gasteiger partial charge in [-0.3, -0.25) is 9.69 Å². The first-order valence-corrected chi connectivity index (χ1v) is 12.1. The van der Waals surface area contributed by atoms with Crippen molar-refractivity contribution in [3.8, 4) is 0 Å². The van der Waals surface area contributed by atoms with Crippen molar-refractivity contribution in [1.29, 1.82) is 0 Å². The van der Waals surface area contributed by atoms with E-state index in [0.717, 1.165) is 94.0 Å². The van der Waals surface area contributed by atoms with Gasteiger partial charge in [-0.15, -0.1) is 11.3 Å². The molecule has 162 valence electrons. The van der Waals surface area contributed by atoms with Crippen molar-refractivity contribution in [1.82, 2.24) is 14.9 Å². The van der Waals surface area contributed by atoms with Crippen LogP contribution in [-0.2, 0) is 28.9 Å². The third-order valence-electron chi connectivity index (χ3n) is 6.85. The van der Waals surface area contributed by atoms with E-state index >= 15 is 0 Å². The van der Waals surface area contributed by atoms with E-state index in [4.69, 9.17) is 20.4 Å². The number of carbonyl (C=O) groups excluding carboxylic acids is 1. The Morgan fingerprint density at radius 1 is 1.17 bits per heavy atom. The van der Waals surface area contributed by atoms with Gasteiger partial charge in [-0.25, -0.2) is 9.97 Å². The summed E-state index contributed by atoms with van der Waals surface area (Å²) in [4.78, 5) is 29.1. The molecule has 2 saturated heterocycles. The van der Waals surface area contributed by atoms with E-state index in [9.17, 15) is 4.79 Å². The molecular formula is C22H31N5O2S. The second-order valence-electron chi connectivity index (χ2n) is 9.05. The molecule has 1 aliphatic carbocycles. The van der Waals surface area contributed by atoms with Crippen LogP contribution in [0.5, 0.6) is 0 Å². The van der Waals surface area contributed by atoms with E-state index in [0.29, 0.717) is 0 Å². The van der Waals surface area contributed by atoms with Crippen molar-refractivity contribution < 1.29 is 9.53 Å². The summed E-state index contributed by atoms with van der Waals surface area (Å²) in [6.45, 7) is 8.19. The number of primary amides is 1. The summed E-state index contributed by atoms with van der Waals surface area (Å²) in [5.74, 6) is 2.54. The Kier molecular flexibility index (Phi) is 5.64. The molecular weight excluding hydrogens is 398 g/mol. The van der Waals surface area contributed by atoms with Crippen LogP contribution in [0.2, 0.25) is 0 Å². The SMILES string of the molecule is C[C@@H]1CCc2c(sc3nc(CN4CCOCC4)nc(N4CCC(C(N)=O)CC4)c23)C1. The van der Waals surface area contributed by atoms with Crippen LogP contribution in [-0.4, -0.2) is 60.2 Å². The van der Waals surface area contributed by atoms with Crippen molar-refractivity contribution in [2.24, 2.45) is 17.6 Å². The van der Waals surface area contributed by atoms with E-state index in [1.807, 2.05) is 11.3 Å². The fourth-order valence-corrected chi connectivity index (χ4v) is 6.40. The van der Waals surface area contributed by atoms with Gasteiger partial charge in [0.25, 0.3) is 0 Å². The number of aryl methyl sites for hydroxylation is 1. The molecule has 5 rings (SSSR count). The zero-order valence-corrected chi connectivity index (χ0v) is 18.5. The van der Waals surface area contributed by atoms with Gasteiger partial charge in [-0.05, 0) is 43.6 Å². The summed E-state index contributed by atoms with van der Waals surface area (Å²) in [5.41, 5.74) is 7.03. The van der Waals surface area contributed by atoms with Crippen LogP contribution >= 0.6 is 11.3 Å². The highest BCUT2D eigenvalue weighted by Gasteiger charge is 2.29. The lowest BCUT2D eigenvalue weighted by molar-refractivity contribution is -0.122. The number of amides is 1. The second kappa shape index (κ2) is 8.40. The molecule has 0 radical (unpaired) electrons. The summed E-state index contributed by atoms with van der Waals surface area (Å²) in [7, 11) is 0. The number of rotatable bonds is 4. The Bertz CT molecular complexity index is 931. The molecule has 2 fully saturated rings. The molecule has 2 aliphatic heterocycles. The Balaban J connectivity index is 1.51. The van der Waals surface area contributed by atoms with Gasteiger partial charge in [0.1, 0.15) is 16.5 Å². The molecule has 2 aromatic heterocycles. The van der Waals surface area contributed by atoms with Gasteiger partial charge in [0.15, 0.2) is 0 Å². The minimum atomic E-state index is -0.169. The number of anilines is 1. The van der Waals surface area contributed by atoms with E-state index in [2.05, 4.69) is 16.7 Å². The number of nitrogens with two attached hydrogens (primary N) is 1. The molecule has 8 heteroatoms. The lowest BCUT2D eigenvalue weighted by atomic mass is 9.89. The molecule has 3 aliphatic rings. The molecule has 2 aromatic rings. The van der Waals surface area contributed by atoms with E-state index in [1.165, 1.54) is 22.2 Å². The molecule has 7 nitrogen and oxygen atoms in total. The summed E-state index contributed by atoms with van der Waals surface area (Å²) in [5, 5.41) is 1.27. The minimum Gasteiger partial charge on any atom is -0.379 e. The van der Waals surface area contributed by atoms with Crippen molar-refractivity contribution in [3.63, 3.8) is 0 Å². The quantitative estimate of drug-likeness (QED) is 0.803. The van der Waals surface area contributed by atoms with Crippen molar-refractivity contribution >= 4 is 33.3 Å². The maximum atomic E-state index is 11.6. The molecule has 1 amide bonds. The number of piperidine rings is 1. The van der Waals surface area contributed by atoms with Crippen LogP contribution in [0.25, 0.3) is 10.2 Å². The van der Waals surface area contributed by atoms with E-state index < -0.39 is 0 Å². The Morgan fingerprint density at radius 2 is 1.93 bits per heavy atom. The Labute approximate surface area is 181 Å². The highest BCUT2D eigenvalue weighted by Crippen LogP contribution is 2.41. The summed E-state index contributed by atoms with van der Waals surface area (Å²) in [6.07, 6.45) is 5.12. The first kappa shape index (κ1) is 20.2. The average molecular weight is 430 g/mol. The van der Waals surface area contributed by atoms with Gasteiger partial charge in [0.2, 0.25) is 5.91 Å². The van der Waals surface area contributed by atoms with Crippen molar-refractivity contribution in [2.75, 3.05) is 44.3 Å². The van der Waals surface area contributed by atoms with Crippen LogP contribution in [0.4, 0.5) is 5.82 Å². The third-order valence-corrected chi connectivity index (χ3v) is 8.00. The Morgan fingerprint density at radius 3 is 2.67 bits per heavy atom. The maximum Gasteiger partial charge on any atom is 0.220 e. The third kappa shape index (κ3) is 3.92. The first-order valence-electron chi connectivity index (χ1n) is 11.2. The largest absolute Gasteiger partial charge is 0.379 e. The van der Waals surface area contributed by atoms with Crippen LogP contribution in [0.15, 0.2) is 0 Å². The number of aromatic nitrogens is 2. The van der Waals surface area contributed by atoms with Gasteiger partial charge in [-0.2, -0.15) is 0 Å². The van der Waals surface area contributed by atoms with E-state index in [1.54, 1.807) is 0 Å². The molecule has 0 bridgehead atoms. The number of carbonyl (C=O) groups is 1. The summed E-state index contributed by atoms with van der Waals surface area (Å²) in [6, 6.07) is 0. The zero-order valence-electron chi connectivity index (χ0n) is 17.7. The zero-order chi connectivity index (χ0) is 20.7. The molecule has 30 heavy (non-hydrogen) atoms. The van der Waals surface area contributed by atoms with Crippen LogP contribution in [0, 0.1) is 11.8 Å².